The molecular formula is C22H28ClO6P. The van der Waals surface area contributed by atoms with Crippen LogP contribution in [0.1, 0.15) is 24.2 Å². The summed E-state index contributed by atoms with van der Waals surface area (Å²) in [6.45, 7) is 6.89. The van der Waals surface area contributed by atoms with Gasteiger partial charge in [0.05, 0.1) is 30.9 Å². The standard InChI is InChI=1S/C22H28ClO6P/c1-4-26-11-13-28-16-9-10-20(19(15-16)29-14-12-27-5-2)30-22(24)21-17(23)7-6-8-18(21)25-3/h6-10,15,30H,4-5,11-14H2,1-3H3. The van der Waals surface area contributed by atoms with Gasteiger partial charge in [-0.2, -0.15) is 0 Å². The zero-order valence-electron chi connectivity index (χ0n) is 17.5. The van der Waals surface area contributed by atoms with Crippen molar-refractivity contribution < 1.29 is 28.5 Å². The predicted octanol–water partition coefficient (Wildman–Crippen LogP) is 4.32. The second-order valence-electron chi connectivity index (χ2n) is 6.02. The van der Waals surface area contributed by atoms with Crippen molar-refractivity contribution in [2.75, 3.05) is 46.8 Å². The SMILES string of the molecule is CCOCCOc1ccc(PC(=O)c2c(Cl)cccc2OC)c(OCCOCC)c1. The zero-order valence-corrected chi connectivity index (χ0v) is 19.3. The Morgan fingerprint density at radius 2 is 1.63 bits per heavy atom. The third-order valence-corrected chi connectivity index (χ3v) is 5.49. The van der Waals surface area contributed by atoms with Gasteiger partial charge in [-0.3, -0.25) is 4.79 Å². The van der Waals surface area contributed by atoms with E-state index in [0.29, 0.717) is 67.5 Å². The molecule has 1 unspecified atom stereocenters. The van der Waals surface area contributed by atoms with Gasteiger partial charge in [0, 0.05) is 24.6 Å². The van der Waals surface area contributed by atoms with Crippen LogP contribution in [0.2, 0.25) is 5.02 Å². The van der Waals surface area contributed by atoms with Gasteiger partial charge < -0.3 is 23.7 Å². The molecule has 1 atom stereocenters. The summed E-state index contributed by atoms with van der Waals surface area (Å²) in [6, 6.07) is 10.6. The number of hydrogen-bond acceptors (Lipinski definition) is 6. The molecule has 0 saturated heterocycles. The maximum atomic E-state index is 13.0. The van der Waals surface area contributed by atoms with Crippen LogP contribution in [0.15, 0.2) is 36.4 Å². The summed E-state index contributed by atoms with van der Waals surface area (Å²) in [6.07, 6.45) is 0. The Labute approximate surface area is 184 Å². The molecular weight excluding hydrogens is 427 g/mol. The normalized spacial score (nSPS) is 11.1. The zero-order chi connectivity index (χ0) is 21.8. The number of methoxy groups -OCH3 is 1. The van der Waals surface area contributed by atoms with Crippen LogP contribution in [-0.4, -0.2) is 52.3 Å². The minimum Gasteiger partial charge on any atom is -0.496 e. The fourth-order valence-electron chi connectivity index (χ4n) is 2.61. The lowest BCUT2D eigenvalue weighted by molar-refractivity contribution is 0.107. The lowest BCUT2D eigenvalue weighted by atomic mass is 10.2. The number of ether oxygens (including phenoxy) is 5. The smallest absolute Gasteiger partial charge is 0.190 e. The van der Waals surface area contributed by atoms with E-state index in [1.54, 1.807) is 24.3 Å². The summed E-state index contributed by atoms with van der Waals surface area (Å²) in [7, 11) is 1.33. The van der Waals surface area contributed by atoms with Gasteiger partial charge in [0.1, 0.15) is 30.5 Å². The van der Waals surface area contributed by atoms with Crippen molar-refractivity contribution in [1.82, 2.24) is 0 Å². The topological polar surface area (TPSA) is 63.2 Å². The second kappa shape index (κ2) is 13.5. The van der Waals surface area contributed by atoms with Gasteiger partial charge >= 0.3 is 0 Å². The molecule has 0 bridgehead atoms. The first kappa shape index (κ1) is 24.4. The molecule has 2 rings (SSSR count). The Hall–Kier alpha value is -1.85. The fourth-order valence-corrected chi connectivity index (χ4v) is 4.01. The molecule has 2 aromatic rings. The summed E-state index contributed by atoms with van der Waals surface area (Å²) in [5.74, 6) is 1.69. The lowest BCUT2D eigenvalue weighted by Gasteiger charge is -2.15. The highest BCUT2D eigenvalue weighted by molar-refractivity contribution is 7.66. The Bertz CT molecular complexity index is 814. The Morgan fingerprint density at radius 1 is 0.933 bits per heavy atom. The van der Waals surface area contributed by atoms with Gasteiger partial charge in [-0.05, 0) is 46.7 Å². The average molecular weight is 455 g/mol. The molecule has 0 heterocycles. The molecule has 0 fully saturated rings. The number of halogens is 1. The molecule has 0 aliphatic rings. The molecule has 30 heavy (non-hydrogen) atoms. The average Bonchev–Trinajstić information content (AvgIpc) is 2.75. The van der Waals surface area contributed by atoms with Gasteiger partial charge in [-0.25, -0.2) is 0 Å². The van der Waals surface area contributed by atoms with Crippen LogP contribution in [0.25, 0.3) is 0 Å². The van der Waals surface area contributed by atoms with Gasteiger partial charge in [0.2, 0.25) is 0 Å². The van der Waals surface area contributed by atoms with Crippen molar-refractivity contribution in [2.45, 2.75) is 13.8 Å². The van der Waals surface area contributed by atoms with Crippen LogP contribution in [-0.2, 0) is 9.47 Å². The van der Waals surface area contributed by atoms with E-state index in [0.717, 1.165) is 5.30 Å². The van der Waals surface area contributed by atoms with E-state index in [1.165, 1.54) is 7.11 Å². The molecule has 164 valence electrons. The second-order valence-corrected chi connectivity index (χ2v) is 7.67. The molecule has 0 aliphatic heterocycles. The highest BCUT2D eigenvalue weighted by Crippen LogP contribution is 2.34. The summed E-state index contributed by atoms with van der Waals surface area (Å²) >= 11 is 6.26. The van der Waals surface area contributed by atoms with E-state index in [1.807, 2.05) is 26.0 Å². The monoisotopic (exact) mass is 454 g/mol. The Balaban J connectivity index is 2.18. The third-order valence-electron chi connectivity index (χ3n) is 4.01. The van der Waals surface area contributed by atoms with Crippen LogP contribution in [0, 0.1) is 0 Å². The van der Waals surface area contributed by atoms with E-state index in [4.69, 9.17) is 35.3 Å². The molecule has 2 aromatic carbocycles. The molecule has 6 nitrogen and oxygen atoms in total. The Morgan fingerprint density at radius 3 is 2.30 bits per heavy atom. The maximum Gasteiger partial charge on any atom is 0.190 e. The molecule has 0 N–H and O–H groups in total. The van der Waals surface area contributed by atoms with E-state index in [2.05, 4.69) is 0 Å². The van der Waals surface area contributed by atoms with Crippen LogP contribution in [0.3, 0.4) is 0 Å². The molecule has 0 aromatic heterocycles. The first-order chi connectivity index (χ1) is 14.6. The molecule has 8 heteroatoms. The summed E-state index contributed by atoms with van der Waals surface area (Å²) < 4.78 is 27.5. The first-order valence-electron chi connectivity index (χ1n) is 9.79. The molecule has 0 aliphatic carbocycles. The van der Waals surface area contributed by atoms with E-state index < -0.39 is 0 Å². The number of rotatable bonds is 14. The molecule has 0 saturated carbocycles. The van der Waals surface area contributed by atoms with Crippen molar-refractivity contribution in [3.63, 3.8) is 0 Å². The van der Waals surface area contributed by atoms with Crippen molar-refractivity contribution in [3.8, 4) is 17.2 Å². The van der Waals surface area contributed by atoms with Crippen LogP contribution in [0.5, 0.6) is 17.2 Å². The summed E-state index contributed by atoms with van der Waals surface area (Å²) in [5.41, 5.74) is 0.245. The lowest BCUT2D eigenvalue weighted by Crippen LogP contribution is -2.13. The van der Waals surface area contributed by atoms with Crippen LogP contribution < -0.4 is 19.5 Å². The van der Waals surface area contributed by atoms with Crippen molar-refractivity contribution in [1.29, 1.82) is 0 Å². The van der Waals surface area contributed by atoms with Crippen molar-refractivity contribution in [2.24, 2.45) is 0 Å². The number of benzene rings is 2. The van der Waals surface area contributed by atoms with Crippen LogP contribution >= 0.6 is 20.2 Å². The minimum absolute atomic E-state index is 0.128. The minimum atomic E-state index is -0.188. The summed E-state index contributed by atoms with van der Waals surface area (Å²) in [4.78, 5) is 13.0. The largest absolute Gasteiger partial charge is 0.496 e. The number of hydrogen-bond donors (Lipinski definition) is 0. The Kier molecular flexibility index (Phi) is 11.0. The van der Waals surface area contributed by atoms with E-state index in [-0.39, 0.29) is 14.1 Å². The molecule has 0 spiro atoms. The van der Waals surface area contributed by atoms with Gasteiger partial charge in [-0.15, -0.1) is 0 Å². The molecule has 0 radical (unpaired) electrons. The van der Waals surface area contributed by atoms with Crippen LogP contribution in [0.4, 0.5) is 0 Å². The quantitative estimate of drug-likeness (QED) is 0.313. The van der Waals surface area contributed by atoms with Gasteiger partial charge in [-0.1, -0.05) is 17.7 Å². The third kappa shape index (κ3) is 7.44. The molecule has 0 amide bonds. The number of carbonyl (C=O) groups excluding carboxylic acids is 1. The van der Waals surface area contributed by atoms with Gasteiger partial charge in [0.25, 0.3) is 0 Å². The van der Waals surface area contributed by atoms with Crippen molar-refractivity contribution in [3.05, 3.63) is 47.0 Å². The van der Waals surface area contributed by atoms with E-state index in [9.17, 15) is 4.79 Å². The maximum absolute atomic E-state index is 13.0. The van der Waals surface area contributed by atoms with E-state index >= 15 is 0 Å². The highest BCUT2D eigenvalue weighted by atomic mass is 35.5. The highest BCUT2D eigenvalue weighted by Gasteiger charge is 2.19. The van der Waals surface area contributed by atoms with Crippen molar-refractivity contribution >= 4 is 31.0 Å². The fraction of sp³-hybridized carbons (Fsp3) is 0.409. The number of carbonyl (C=O) groups is 1. The first-order valence-corrected chi connectivity index (χ1v) is 11.2. The van der Waals surface area contributed by atoms with Gasteiger partial charge in [0.15, 0.2) is 5.52 Å². The predicted molar refractivity (Wildman–Crippen MR) is 121 cm³/mol. The summed E-state index contributed by atoms with van der Waals surface area (Å²) in [5, 5.41) is 1.12.